The molecule has 0 saturated heterocycles. The highest BCUT2D eigenvalue weighted by molar-refractivity contribution is 6.04. The fourth-order valence-corrected chi connectivity index (χ4v) is 3.62. The lowest BCUT2D eigenvalue weighted by Gasteiger charge is -2.14. The van der Waals surface area contributed by atoms with Crippen molar-refractivity contribution in [3.05, 3.63) is 77.0 Å². The zero-order chi connectivity index (χ0) is 26.8. The maximum absolute atomic E-state index is 13.0. The number of pyridine rings is 1. The normalized spacial score (nSPS) is 11.4. The van der Waals surface area contributed by atoms with E-state index < -0.39 is 17.6 Å². The second kappa shape index (κ2) is 13.2. The Morgan fingerprint density at radius 3 is 2.59 bits per heavy atom. The molecular weight excluding hydrogens is 487 g/mol. The van der Waals surface area contributed by atoms with Crippen molar-refractivity contribution in [3.8, 4) is 11.1 Å². The van der Waals surface area contributed by atoms with Gasteiger partial charge in [-0.1, -0.05) is 12.1 Å². The Balaban J connectivity index is 1.85. The Labute approximate surface area is 213 Å². The van der Waals surface area contributed by atoms with Crippen LogP contribution >= 0.6 is 0 Å². The predicted octanol–water partition coefficient (Wildman–Crippen LogP) is 4.94. The van der Waals surface area contributed by atoms with E-state index in [0.29, 0.717) is 44.3 Å². The summed E-state index contributed by atoms with van der Waals surface area (Å²) in [6.07, 6.45) is -3.99. The molecule has 0 bridgehead atoms. The van der Waals surface area contributed by atoms with Gasteiger partial charge in [0.1, 0.15) is 5.82 Å². The molecule has 198 valence electrons. The number of hydrogen-bond acceptors (Lipinski definition) is 6. The molecule has 0 radical (unpaired) electrons. The second-order valence-corrected chi connectivity index (χ2v) is 8.30. The average molecular weight is 518 g/mol. The first-order valence-corrected chi connectivity index (χ1v) is 11.7. The van der Waals surface area contributed by atoms with Crippen molar-refractivity contribution in [1.29, 1.82) is 0 Å². The number of amides is 1. The van der Waals surface area contributed by atoms with Crippen LogP contribution in [0.3, 0.4) is 0 Å². The number of rotatable bonds is 12. The zero-order valence-electron chi connectivity index (χ0n) is 20.7. The Bertz CT molecular complexity index is 1200. The molecule has 7 nitrogen and oxygen atoms in total. The van der Waals surface area contributed by atoms with E-state index in [0.717, 1.165) is 34.5 Å². The molecule has 0 unspecified atom stereocenters. The number of ether oxygens (including phenoxy) is 2. The molecule has 0 aliphatic carbocycles. The smallest absolute Gasteiger partial charge is 0.395 e. The zero-order valence-corrected chi connectivity index (χ0v) is 20.7. The van der Waals surface area contributed by atoms with Gasteiger partial charge in [0.15, 0.2) is 0 Å². The number of halogens is 3. The van der Waals surface area contributed by atoms with Crippen molar-refractivity contribution >= 4 is 17.4 Å². The van der Waals surface area contributed by atoms with Crippen LogP contribution in [0.5, 0.6) is 0 Å². The number of alkyl halides is 3. The van der Waals surface area contributed by atoms with E-state index in [1.807, 2.05) is 25.1 Å². The minimum absolute atomic E-state index is 0.0581. The number of carbonyl (C=O) groups excluding carboxylic acids is 1. The number of hydrogen-bond donors (Lipinski definition) is 3. The van der Waals surface area contributed by atoms with Crippen LogP contribution in [0, 0.1) is 6.92 Å². The number of anilines is 2. The van der Waals surface area contributed by atoms with Gasteiger partial charge in [0.2, 0.25) is 0 Å². The number of carbonyl (C=O) groups is 1. The molecule has 3 aromatic rings. The van der Waals surface area contributed by atoms with E-state index in [2.05, 4.69) is 15.6 Å². The van der Waals surface area contributed by atoms with Crippen LogP contribution in [-0.2, 0) is 22.1 Å². The first-order chi connectivity index (χ1) is 17.7. The highest BCUT2D eigenvalue weighted by atomic mass is 19.4. The quantitative estimate of drug-likeness (QED) is 0.295. The molecule has 0 atom stereocenters. The molecule has 2 aromatic carbocycles. The average Bonchev–Trinajstić information content (AvgIpc) is 2.88. The summed E-state index contributed by atoms with van der Waals surface area (Å²) in [4.78, 5) is 17.3. The fraction of sp³-hybridized carbons (Fsp3) is 0.333. The Morgan fingerprint density at radius 1 is 1.05 bits per heavy atom. The van der Waals surface area contributed by atoms with E-state index in [1.54, 1.807) is 19.2 Å². The third kappa shape index (κ3) is 8.28. The van der Waals surface area contributed by atoms with Gasteiger partial charge in [-0.05, 0) is 66.1 Å². The van der Waals surface area contributed by atoms with Gasteiger partial charge in [-0.25, -0.2) is 4.98 Å². The maximum atomic E-state index is 13.0. The number of aryl methyl sites for hydroxylation is 1. The van der Waals surface area contributed by atoms with E-state index in [9.17, 15) is 23.1 Å². The molecule has 0 aliphatic rings. The van der Waals surface area contributed by atoms with Crippen molar-refractivity contribution in [1.82, 2.24) is 4.98 Å². The lowest BCUT2D eigenvalue weighted by molar-refractivity contribution is -0.137. The van der Waals surface area contributed by atoms with Crippen LogP contribution in [0.1, 0.15) is 27.2 Å². The molecule has 1 heterocycles. The SMILES string of the molecule is COCCOCCc1cc(-c2cc(NC(=O)c3cccc(C(F)(F)F)c3)ccc2C)cc(NCCO)n1. The van der Waals surface area contributed by atoms with Crippen LogP contribution in [0.15, 0.2) is 54.6 Å². The van der Waals surface area contributed by atoms with Crippen molar-refractivity contribution < 1.29 is 32.5 Å². The molecule has 1 aromatic heterocycles. The second-order valence-electron chi connectivity index (χ2n) is 8.30. The summed E-state index contributed by atoms with van der Waals surface area (Å²) in [6, 6.07) is 13.3. The summed E-state index contributed by atoms with van der Waals surface area (Å²) >= 11 is 0. The van der Waals surface area contributed by atoms with Gasteiger partial charge in [-0.15, -0.1) is 0 Å². The standard InChI is InChI=1S/C27H30F3N3O4/c1-18-6-7-22(33-26(35)19-4-3-5-21(14-19)27(28,29)30)17-24(18)20-15-23(8-11-37-13-12-36-2)32-25(16-20)31-9-10-34/h3-7,14-17,34H,8-13H2,1-2H3,(H,31,32)(H,33,35). The van der Waals surface area contributed by atoms with Crippen molar-refractivity contribution in [2.75, 3.05) is 50.7 Å². The van der Waals surface area contributed by atoms with E-state index in [1.165, 1.54) is 12.1 Å². The first-order valence-electron chi connectivity index (χ1n) is 11.7. The van der Waals surface area contributed by atoms with Gasteiger partial charge in [-0.3, -0.25) is 4.79 Å². The number of aliphatic hydroxyl groups excluding tert-OH is 1. The van der Waals surface area contributed by atoms with Crippen LogP contribution < -0.4 is 10.6 Å². The summed E-state index contributed by atoms with van der Waals surface area (Å²) in [5.41, 5.74) is 2.81. The lowest BCUT2D eigenvalue weighted by atomic mass is 9.99. The summed E-state index contributed by atoms with van der Waals surface area (Å²) in [5.74, 6) is -0.0638. The van der Waals surface area contributed by atoms with Gasteiger partial charge in [-0.2, -0.15) is 13.2 Å². The van der Waals surface area contributed by atoms with Crippen molar-refractivity contribution in [3.63, 3.8) is 0 Å². The number of benzene rings is 2. The Kier molecular flexibility index (Phi) is 10.0. The number of nitrogens with one attached hydrogen (secondary N) is 2. The van der Waals surface area contributed by atoms with E-state index >= 15 is 0 Å². The van der Waals surface area contributed by atoms with Gasteiger partial charge in [0.25, 0.3) is 5.91 Å². The molecule has 3 N–H and O–H groups in total. The van der Waals surface area contributed by atoms with Crippen LogP contribution in [0.4, 0.5) is 24.7 Å². The third-order valence-electron chi connectivity index (χ3n) is 5.49. The Hall–Kier alpha value is -3.47. The highest BCUT2D eigenvalue weighted by Crippen LogP contribution is 2.31. The number of aliphatic hydroxyl groups is 1. The summed E-state index contributed by atoms with van der Waals surface area (Å²) in [5, 5.41) is 15.0. The molecule has 37 heavy (non-hydrogen) atoms. The lowest BCUT2D eigenvalue weighted by Crippen LogP contribution is -2.14. The molecular formula is C27H30F3N3O4. The van der Waals surface area contributed by atoms with Gasteiger partial charge in [0, 0.05) is 37.0 Å². The van der Waals surface area contributed by atoms with Gasteiger partial charge < -0.3 is 25.2 Å². The molecule has 0 fully saturated rings. The molecule has 3 rings (SSSR count). The first kappa shape index (κ1) is 28.1. The minimum Gasteiger partial charge on any atom is -0.395 e. The number of aromatic nitrogens is 1. The van der Waals surface area contributed by atoms with Gasteiger partial charge in [0.05, 0.1) is 32.0 Å². The monoisotopic (exact) mass is 517 g/mol. The highest BCUT2D eigenvalue weighted by Gasteiger charge is 2.30. The van der Waals surface area contributed by atoms with Crippen molar-refractivity contribution in [2.24, 2.45) is 0 Å². The minimum atomic E-state index is -4.54. The molecule has 0 saturated carbocycles. The topological polar surface area (TPSA) is 92.7 Å². The third-order valence-corrected chi connectivity index (χ3v) is 5.49. The number of nitrogens with zero attached hydrogens (tertiary/aromatic N) is 1. The summed E-state index contributed by atoms with van der Waals surface area (Å²) in [7, 11) is 1.60. The van der Waals surface area contributed by atoms with E-state index in [-0.39, 0.29) is 12.2 Å². The molecule has 0 spiro atoms. The largest absolute Gasteiger partial charge is 0.416 e. The van der Waals surface area contributed by atoms with Gasteiger partial charge >= 0.3 is 6.18 Å². The van der Waals surface area contributed by atoms with Crippen LogP contribution in [0.2, 0.25) is 0 Å². The Morgan fingerprint density at radius 2 is 1.86 bits per heavy atom. The van der Waals surface area contributed by atoms with Crippen LogP contribution in [0.25, 0.3) is 11.1 Å². The maximum Gasteiger partial charge on any atom is 0.416 e. The van der Waals surface area contributed by atoms with E-state index in [4.69, 9.17) is 9.47 Å². The summed E-state index contributed by atoms with van der Waals surface area (Å²) in [6.45, 7) is 3.60. The van der Waals surface area contributed by atoms with Crippen LogP contribution in [-0.4, -0.2) is 56.1 Å². The number of methoxy groups -OCH3 is 1. The molecule has 0 aliphatic heterocycles. The molecule has 10 heteroatoms. The molecule has 1 amide bonds. The fourth-order valence-electron chi connectivity index (χ4n) is 3.62. The predicted molar refractivity (Wildman–Crippen MR) is 136 cm³/mol. The van der Waals surface area contributed by atoms with Crippen molar-refractivity contribution in [2.45, 2.75) is 19.5 Å². The summed E-state index contributed by atoms with van der Waals surface area (Å²) < 4.78 is 49.7.